The van der Waals surface area contributed by atoms with Crippen LogP contribution in [0.4, 0.5) is 10.1 Å². The number of thioether (sulfide) groups is 1. The largest absolute Gasteiger partial charge is 0.398 e. The minimum Gasteiger partial charge on any atom is -0.398 e. The molecule has 0 saturated heterocycles. The van der Waals surface area contributed by atoms with Gasteiger partial charge in [0.25, 0.3) is 5.91 Å². The number of carbonyl (C=O) groups excluding carboxylic acids is 1. The Morgan fingerprint density at radius 2 is 2.29 bits per heavy atom. The predicted molar refractivity (Wildman–Crippen MR) is 70.7 cm³/mol. The number of anilines is 1. The van der Waals surface area contributed by atoms with Gasteiger partial charge in [0.15, 0.2) is 0 Å². The predicted octanol–water partition coefficient (Wildman–Crippen LogP) is 2.28. The third kappa shape index (κ3) is 3.93. The topological polar surface area (TPSA) is 55.1 Å². The molecule has 0 bridgehead atoms. The Hall–Kier alpha value is -1.23. The molecule has 1 amide bonds. The Kier molecular flexibility index (Phi) is 5.28. The maximum Gasteiger partial charge on any atom is 0.253 e. The molecule has 0 aliphatic heterocycles. The Morgan fingerprint density at radius 3 is 2.88 bits per heavy atom. The second kappa shape index (κ2) is 6.49. The number of rotatable bonds is 5. The van der Waals surface area contributed by atoms with E-state index in [2.05, 4.69) is 5.32 Å². The van der Waals surface area contributed by atoms with Gasteiger partial charge in [-0.1, -0.05) is 6.92 Å². The van der Waals surface area contributed by atoms with Crippen molar-refractivity contribution >= 4 is 23.4 Å². The van der Waals surface area contributed by atoms with Crippen molar-refractivity contribution in [2.45, 2.75) is 19.4 Å². The Balaban J connectivity index is 2.78. The van der Waals surface area contributed by atoms with Crippen LogP contribution in [0.1, 0.15) is 23.7 Å². The molecule has 1 rings (SSSR count). The molecule has 3 nitrogen and oxygen atoms in total. The monoisotopic (exact) mass is 256 g/mol. The van der Waals surface area contributed by atoms with E-state index in [1.807, 2.05) is 13.2 Å². The molecular weight excluding hydrogens is 239 g/mol. The van der Waals surface area contributed by atoms with Gasteiger partial charge in [0.1, 0.15) is 5.82 Å². The van der Waals surface area contributed by atoms with Gasteiger partial charge < -0.3 is 11.1 Å². The Bertz CT molecular complexity index is 398. The minimum absolute atomic E-state index is 0.0835. The number of carbonyl (C=O) groups is 1. The van der Waals surface area contributed by atoms with Gasteiger partial charge in [0.2, 0.25) is 0 Å². The van der Waals surface area contributed by atoms with Crippen LogP contribution in [0, 0.1) is 5.82 Å². The number of hydrogen-bond donors (Lipinski definition) is 2. The van der Waals surface area contributed by atoms with E-state index >= 15 is 0 Å². The third-order valence-corrected chi connectivity index (χ3v) is 3.19. The van der Waals surface area contributed by atoms with Crippen LogP contribution in [0.2, 0.25) is 0 Å². The standard InChI is InChI=1S/C12H17FN2OS/c1-3-9(7-17-2)15-12(16)10-6-8(13)4-5-11(10)14/h4-6,9H,3,7,14H2,1-2H3,(H,15,16). The summed E-state index contributed by atoms with van der Waals surface area (Å²) in [6.45, 7) is 2.00. The lowest BCUT2D eigenvalue weighted by Gasteiger charge is -2.16. The van der Waals surface area contributed by atoms with Crippen LogP contribution >= 0.6 is 11.8 Å². The van der Waals surface area contributed by atoms with Gasteiger partial charge >= 0.3 is 0 Å². The number of nitrogens with two attached hydrogens (primary N) is 1. The van der Waals surface area contributed by atoms with Gasteiger partial charge in [-0.2, -0.15) is 11.8 Å². The van der Waals surface area contributed by atoms with Crippen molar-refractivity contribution in [3.05, 3.63) is 29.6 Å². The van der Waals surface area contributed by atoms with E-state index in [-0.39, 0.29) is 17.5 Å². The molecule has 17 heavy (non-hydrogen) atoms. The fraction of sp³-hybridized carbons (Fsp3) is 0.417. The highest BCUT2D eigenvalue weighted by Crippen LogP contribution is 2.14. The lowest BCUT2D eigenvalue weighted by Crippen LogP contribution is -2.36. The van der Waals surface area contributed by atoms with E-state index in [0.717, 1.165) is 18.2 Å². The maximum absolute atomic E-state index is 13.0. The molecule has 0 saturated carbocycles. The van der Waals surface area contributed by atoms with Crippen LogP contribution in [0.15, 0.2) is 18.2 Å². The first-order valence-electron chi connectivity index (χ1n) is 5.43. The molecule has 94 valence electrons. The van der Waals surface area contributed by atoms with Crippen molar-refractivity contribution in [2.24, 2.45) is 0 Å². The van der Waals surface area contributed by atoms with E-state index < -0.39 is 5.82 Å². The van der Waals surface area contributed by atoms with Gasteiger partial charge in [-0.25, -0.2) is 4.39 Å². The van der Waals surface area contributed by atoms with Crippen molar-refractivity contribution in [3.8, 4) is 0 Å². The Morgan fingerprint density at radius 1 is 1.59 bits per heavy atom. The van der Waals surface area contributed by atoms with Gasteiger partial charge in [-0.15, -0.1) is 0 Å². The van der Waals surface area contributed by atoms with Crippen molar-refractivity contribution in [1.29, 1.82) is 0 Å². The molecular formula is C12H17FN2OS. The second-order valence-corrected chi connectivity index (χ2v) is 4.68. The summed E-state index contributed by atoms with van der Waals surface area (Å²) < 4.78 is 13.0. The lowest BCUT2D eigenvalue weighted by molar-refractivity contribution is 0.0940. The van der Waals surface area contributed by atoms with E-state index in [1.165, 1.54) is 12.1 Å². The summed E-state index contributed by atoms with van der Waals surface area (Å²) in [6, 6.07) is 3.89. The van der Waals surface area contributed by atoms with Crippen LogP contribution in [-0.2, 0) is 0 Å². The normalized spacial score (nSPS) is 12.2. The summed E-state index contributed by atoms with van der Waals surface area (Å²) in [4.78, 5) is 11.9. The quantitative estimate of drug-likeness (QED) is 0.795. The van der Waals surface area contributed by atoms with Crippen LogP contribution in [0.5, 0.6) is 0 Å². The fourth-order valence-electron chi connectivity index (χ4n) is 1.45. The van der Waals surface area contributed by atoms with Gasteiger partial charge in [-0.05, 0) is 30.9 Å². The molecule has 1 aromatic carbocycles. The summed E-state index contributed by atoms with van der Waals surface area (Å²) in [6.07, 6.45) is 2.81. The van der Waals surface area contributed by atoms with Crippen molar-refractivity contribution in [2.75, 3.05) is 17.7 Å². The number of hydrogen-bond acceptors (Lipinski definition) is 3. The van der Waals surface area contributed by atoms with Gasteiger partial charge in [0.05, 0.1) is 5.56 Å². The molecule has 3 N–H and O–H groups in total. The molecule has 1 unspecified atom stereocenters. The number of amides is 1. The summed E-state index contributed by atoms with van der Waals surface area (Å²) >= 11 is 1.66. The average Bonchev–Trinajstić information content (AvgIpc) is 2.31. The summed E-state index contributed by atoms with van der Waals surface area (Å²) in [5.74, 6) is 0.0578. The third-order valence-electron chi connectivity index (χ3n) is 2.46. The molecule has 0 spiro atoms. The van der Waals surface area contributed by atoms with Crippen LogP contribution in [0.25, 0.3) is 0 Å². The van der Waals surface area contributed by atoms with Gasteiger partial charge in [0, 0.05) is 17.5 Å². The van der Waals surface area contributed by atoms with Crippen LogP contribution in [-0.4, -0.2) is 24.0 Å². The number of benzene rings is 1. The zero-order valence-corrected chi connectivity index (χ0v) is 10.8. The zero-order valence-electron chi connectivity index (χ0n) is 10.00. The van der Waals surface area contributed by atoms with E-state index in [4.69, 9.17) is 5.73 Å². The van der Waals surface area contributed by atoms with Crippen LogP contribution in [0.3, 0.4) is 0 Å². The number of nitrogens with one attached hydrogen (secondary N) is 1. The minimum atomic E-state index is -0.456. The van der Waals surface area contributed by atoms with Crippen molar-refractivity contribution in [1.82, 2.24) is 5.32 Å². The molecule has 5 heteroatoms. The lowest BCUT2D eigenvalue weighted by atomic mass is 10.1. The first-order valence-corrected chi connectivity index (χ1v) is 6.82. The van der Waals surface area contributed by atoms with Crippen molar-refractivity contribution in [3.63, 3.8) is 0 Å². The van der Waals surface area contributed by atoms with E-state index in [9.17, 15) is 9.18 Å². The first-order chi connectivity index (χ1) is 8.08. The number of halogens is 1. The number of nitrogen functional groups attached to an aromatic ring is 1. The fourth-order valence-corrected chi connectivity index (χ4v) is 2.17. The maximum atomic E-state index is 13.0. The highest BCUT2D eigenvalue weighted by molar-refractivity contribution is 7.98. The molecule has 0 aliphatic carbocycles. The first kappa shape index (κ1) is 13.8. The second-order valence-electron chi connectivity index (χ2n) is 3.77. The van der Waals surface area contributed by atoms with Crippen LogP contribution < -0.4 is 11.1 Å². The molecule has 0 aromatic heterocycles. The summed E-state index contributed by atoms with van der Waals surface area (Å²) in [5.41, 5.74) is 6.14. The zero-order chi connectivity index (χ0) is 12.8. The molecule has 1 aromatic rings. The highest BCUT2D eigenvalue weighted by atomic mass is 32.2. The molecule has 0 fully saturated rings. The molecule has 0 aliphatic rings. The summed E-state index contributed by atoms with van der Waals surface area (Å²) in [7, 11) is 0. The average molecular weight is 256 g/mol. The molecule has 0 radical (unpaired) electrons. The smallest absolute Gasteiger partial charge is 0.253 e. The van der Waals surface area contributed by atoms with E-state index in [0.29, 0.717) is 5.69 Å². The van der Waals surface area contributed by atoms with E-state index in [1.54, 1.807) is 11.8 Å². The molecule has 0 heterocycles. The summed E-state index contributed by atoms with van der Waals surface area (Å²) in [5, 5.41) is 2.85. The van der Waals surface area contributed by atoms with Gasteiger partial charge in [-0.3, -0.25) is 4.79 Å². The van der Waals surface area contributed by atoms with Crippen molar-refractivity contribution < 1.29 is 9.18 Å². The molecule has 1 atom stereocenters. The SMILES string of the molecule is CCC(CSC)NC(=O)c1cc(F)ccc1N. The highest BCUT2D eigenvalue weighted by Gasteiger charge is 2.14. The Labute approximate surface area is 105 Å².